The fourth-order valence-electron chi connectivity index (χ4n) is 2.99. The fourth-order valence-corrected chi connectivity index (χ4v) is 3.97. The number of nitrogens with one attached hydrogen (secondary N) is 1. The van der Waals surface area contributed by atoms with Crippen LogP contribution in [0.15, 0.2) is 29.4 Å². The van der Waals surface area contributed by atoms with Crippen LogP contribution in [0.25, 0.3) is 11.4 Å². The van der Waals surface area contributed by atoms with Gasteiger partial charge in [0.15, 0.2) is 16.8 Å². The molecule has 1 fully saturated rings. The van der Waals surface area contributed by atoms with Gasteiger partial charge < -0.3 is 10.1 Å². The molecule has 0 bridgehead atoms. The molecule has 1 saturated heterocycles. The van der Waals surface area contributed by atoms with Crippen molar-refractivity contribution in [3.05, 3.63) is 29.3 Å². The SMILES string of the molecule is CC(=N)C(C#N)C(=O)CSc1nnc(-c2ccc(Cl)cc2)n1C[C@H]1CCCO1. The lowest BCUT2D eigenvalue weighted by Gasteiger charge is -2.15. The molecule has 7 nitrogen and oxygen atoms in total. The highest BCUT2D eigenvalue weighted by Gasteiger charge is 2.24. The van der Waals surface area contributed by atoms with Crippen LogP contribution in [0, 0.1) is 22.7 Å². The van der Waals surface area contributed by atoms with Crippen molar-refractivity contribution in [2.24, 2.45) is 5.92 Å². The first-order chi connectivity index (χ1) is 13.5. The molecule has 1 aromatic heterocycles. The summed E-state index contributed by atoms with van der Waals surface area (Å²) in [4.78, 5) is 12.3. The van der Waals surface area contributed by atoms with Crippen molar-refractivity contribution >= 4 is 34.9 Å². The topological polar surface area (TPSA) is 105 Å². The molecule has 0 saturated carbocycles. The van der Waals surface area contributed by atoms with Gasteiger partial charge in [-0.2, -0.15) is 5.26 Å². The van der Waals surface area contributed by atoms with Crippen molar-refractivity contribution in [2.75, 3.05) is 12.4 Å². The Morgan fingerprint density at radius 1 is 1.46 bits per heavy atom. The molecule has 146 valence electrons. The predicted molar refractivity (Wildman–Crippen MR) is 108 cm³/mol. The average molecular weight is 418 g/mol. The van der Waals surface area contributed by atoms with Gasteiger partial charge in [0.05, 0.1) is 24.5 Å². The molecule has 2 atom stereocenters. The molecule has 28 heavy (non-hydrogen) atoms. The Hall–Kier alpha value is -2.21. The summed E-state index contributed by atoms with van der Waals surface area (Å²) >= 11 is 7.22. The lowest BCUT2D eigenvalue weighted by atomic mass is 10.0. The van der Waals surface area contributed by atoms with Gasteiger partial charge in [0.1, 0.15) is 5.92 Å². The van der Waals surface area contributed by atoms with Gasteiger partial charge in [-0.1, -0.05) is 23.4 Å². The summed E-state index contributed by atoms with van der Waals surface area (Å²) in [5, 5.41) is 26.5. The maximum Gasteiger partial charge on any atom is 0.192 e. The molecule has 2 heterocycles. The number of ether oxygens (including phenoxy) is 1. The van der Waals surface area contributed by atoms with E-state index in [2.05, 4.69) is 10.2 Å². The molecule has 0 amide bonds. The Morgan fingerprint density at radius 3 is 2.82 bits per heavy atom. The van der Waals surface area contributed by atoms with Crippen molar-refractivity contribution in [3.8, 4) is 17.5 Å². The summed E-state index contributed by atoms with van der Waals surface area (Å²) in [6.45, 7) is 2.80. The first kappa shape index (κ1) is 20.5. The first-order valence-corrected chi connectivity index (χ1v) is 10.3. The number of hydrogen-bond acceptors (Lipinski definition) is 7. The average Bonchev–Trinajstić information content (AvgIpc) is 3.31. The Labute approximate surface area is 172 Å². The number of nitrogens with zero attached hydrogens (tertiary/aromatic N) is 4. The van der Waals surface area contributed by atoms with Crippen LogP contribution in [-0.2, 0) is 16.1 Å². The van der Waals surface area contributed by atoms with E-state index in [1.54, 1.807) is 12.1 Å². The molecule has 9 heteroatoms. The smallest absolute Gasteiger partial charge is 0.192 e. The van der Waals surface area contributed by atoms with Crippen LogP contribution < -0.4 is 0 Å². The van der Waals surface area contributed by atoms with Crippen LogP contribution in [0.4, 0.5) is 0 Å². The van der Waals surface area contributed by atoms with E-state index in [0.29, 0.717) is 22.5 Å². The number of carbonyl (C=O) groups is 1. The number of aromatic nitrogens is 3. The molecule has 0 aliphatic carbocycles. The Morgan fingerprint density at radius 2 is 2.21 bits per heavy atom. The van der Waals surface area contributed by atoms with E-state index in [0.717, 1.165) is 25.0 Å². The monoisotopic (exact) mass is 417 g/mol. The second-order valence-electron chi connectivity index (χ2n) is 6.56. The standard InChI is InChI=1S/C19H20ClN5O2S/c1-12(22)16(9-21)17(26)11-28-19-24-23-18(13-4-6-14(20)7-5-13)25(19)10-15-3-2-8-27-15/h4-7,15-16,22H,2-3,8,10-11H2,1H3/t15-,16?/m1/s1. The van der Waals surface area contributed by atoms with E-state index in [-0.39, 0.29) is 23.4 Å². The quantitative estimate of drug-likeness (QED) is 0.519. The predicted octanol–water partition coefficient (Wildman–Crippen LogP) is 3.62. The molecule has 1 aromatic carbocycles. The highest BCUT2D eigenvalue weighted by Crippen LogP contribution is 2.27. The minimum Gasteiger partial charge on any atom is -0.376 e. The Balaban J connectivity index is 1.83. The van der Waals surface area contributed by atoms with Crippen molar-refractivity contribution in [2.45, 2.75) is 37.6 Å². The summed E-state index contributed by atoms with van der Waals surface area (Å²) in [6.07, 6.45) is 2.06. The zero-order valence-corrected chi connectivity index (χ0v) is 17.0. The third-order valence-electron chi connectivity index (χ3n) is 4.46. The number of nitriles is 1. The molecular formula is C19H20ClN5O2S. The largest absolute Gasteiger partial charge is 0.376 e. The number of rotatable bonds is 8. The molecule has 3 rings (SSSR count). The van der Waals surface area contributed by atoms with Crippen LogP contribution >= 0.6 is 23.4 Å². The summed E-state index contributed by atoms with van der Waals surface area (Å²) in [6, 6.07) is 9.23. The van der Waals surface area contributed by atoms with Gasteiger partial charge in [-0.3, -0.25) is 9.36 Å². The fraction of sp³-hybridized carbons (Fsp3) is 0.421. The van der Waals surface area contributed by atoms with E-state index in [1.165, 1.54) is 18.7 Å². The highest BCUT2D eigenvalue weighted by atomic mass is 35.5. The van der Waals surface area contributed by atoms with E-state index in [1.807, 2.05) is 22.8 Å². The third kappa shape index (κ3) is 4.79. The van der Waals surface area contributed by atoms with Crippen LogP contribution in [0.5, 0.6) is 0 Å². The first-order valence-electron chi connectivity index (χ1n) is 8.90. The lowest BCUT2D eigenvalue weighted by Crippen LogP contribution is -2.22. The third-order valence-corrected chi connectivity index (χ3v) is 5.70. The van der Waals surface area contributed by atoms with Gasteiger partial charge in [0.25, 0.3) is 0 Å². The van der Waals surface area contributed by atoms with Crippen LogP contribution in [0.3, 0.4) is 0 Å². The maximum absolute atomic E-state index is 12.3. The van der Waals surface area contributed by atoms with Gasteiger partial charge in [-0.15, -0.1) is 10.2 Å². The normalized spacial score (nSPS) is 17.2. The summed E-state index contributed by atoms with van der Waals surface area (Å²) in [5.41, 5.74) is 0.925. The number of carbonyl (C=O) groups excluding carboxylic acids is 1. The van der Waals surface area contributed by atoms with Crippen LogP contribution in [0.2, 0.25) is 5.02 Å². The second-order valence-corrected chi connectivity index (χ2v) is 7.94. The number of ketones is 1. The molecule has 0 radical (unpaired) electrons. The summed E-state index contributed by atoms with van der Waals surface area (Å²) in [5.74, 6) is -0.585. The minimum atomic E-state index is -1.02. The number of hydrogen-bond donors (Lipinski definition) is 1. The van der Waals surface area contributed by atoms with Crippen LogP contribution in [0.1, 0.15) is 19.8 Å². The van der Waals surface area contributed by atoms with Crippen molar-refractivity contribution in [1.82, 2.24) is 14.8 Å². The molecule has 1 aliphatic heterocycles. The van der Waals surface area contributed by atoms with E-state index in [4.69, 9.17) is 27.0 Å². The van der Waals surface area contributed by atoms with Crippen molar-refractivity contribution in [3.63, 3.8) is 0 Å². The van der Waals surface area contributed by atoms with Gasteiger partial charge in [0.2, 0.25) is 0 Å². The molecule has 2 aromatic rings. The molecule has 1 unspecified atom stereocenters. The zero-order chi connectivity index (χ0) is 20.1. The zero-order valence-electron chi connectivity index (χ0n) is 15.4. The molecular weight excluding hydrogens is 398 g/mol. The van der Waals surface area contributed by atoms with E-state index >= 15 is 0 Å². The Kier molecular flexibility index (Phi) is 6.83. The van der Waals surface area contributed by atoms with Gasteiger partial charge in [-0.05, 0) is 44.0 Å². The van der Waals surface area contributed by atoms with Gasteiger partial charge >= 0.3 is 0 Å². The number of Topliss-reactive ketones (excluding diaryl/α,β-unsaturated/α-hetero) is 1. The Bertz CT molecular complexity index is 900. The van der Waals surface area contributed by atoms with Crippen LogP contribution in [-0.4, -0.2) is 44.7 Å². The highest BCUT2D eigenvalue weighted by molar-refractivity contribution is 7.99. The van der Waals surface area contributed by atoms with Gasteiger partial charge in [-0.25, -0.2) is 0 Å². The van der Waals surface area contributed by atoms with E-state index in [9.17, 15) is 4.79 Å². The van der Waals surface area contributed by atoms with Crippen molar-refractivity contribution < 1.29 is 9.53 Å². The summed E-state index contributed by atoms with van der Waals surface area (Å²) in [7, 11) is 0. The second kappa shape index (κ2) is 9.32. The van der Waals surface area contributed by atoms with E-state index < -0.39 is 5.92 Å². The van der Waals surface area contributed by atoms with Gasteiger partial charge in [0, 0.05) is 22.9 Å². The molecule has 0 spiro atoms. The maximum atomic E-state index is 12.3. The number of halogens is 1. The molecule has 1 N–H and O–H groups in total. The van der Waals surface area contributed by atoms with Crippen molar-refractivity contribution in [1.29, 1.82) is 10.7 Å². The molecule has 1 aliphatic rings. The minimum absolute atomic E-state index is 0.0516. The lowest BCUT2D eigenvalue weighted by molar-refractivity contribution is -0.117. The number of benzene rings is 1. The summed E-state index contributed by atoms with van der Waals surface area (Å²) < 4.78 is 7.71. The number of thioether (sulfide) groups is 1.